The Kier molecular flexibility index (Phi) is 9.17. The van der Waals surface area contributed by atoms with Gasteiger partial charge in [0.15, 0.2) is 15.8 Å². The first-order valence-electron chi connectivity index (χ1n) is 8.32. The molecule has 0 aliphatic rings. The molecule has 0 aromatic heterocycles. The minimum Gasteiger partial charge on any atom is -0.357 e. The molecule has 0 spiro atoms. The number of rotatable bonds is 6. The average Bonchev–Trinajstić information content (AvgIpc) is 2.58. The fourth-order valence-corrected chi connectivity index (χ4v) is 3.09. The summed E-state index contributed by atoms with van der Waals surface area (Å²) in [5.74, 6) is 0.438. The molecule has 0 saturated carbocycles. The Morgan fingerprint density at radius 3 is 2.37 bits per heavy atom. The number of hydrogen-bond acceptors (Lipinski definition) is 3. The van der Waals surface area contributed by atoms with E-state index in [0.717, 1.165) is 11.1 Å². The van der Waals surface area contributed by atoms with Crippen molar-refractivity contribution in [3.05, 3.63) is 65.5 Å². The fraction of sp³-hybridized carbons (Fsp3) is 0.316. The van der Waals surface area contributed by atoms with E-state index in [2.05, 4.69) is 10.3 Å². The molecule has 0 atom stereocenters. The number of hydrogen-bond donors (Lipinski definition) is 1. The number of aliphatic imine (C=N–C) groups is 1. The molecule has 0 amide bonds. The molecule has 2 rings (SSSR count). The van der Waals surface area contributed by atoms with Crippen molar-refractivity contribution < 1.29 is 12.8 Å². The van der Waals surface area contributed by atoms with Crippen LogP contribution in [0.25, 0.3) is 0 Å². The van der Waals surface area contributed by atoms with E-state index in [9.17, 15) is 12.8 Å². The van der Waals surface area contributed by atoms with Crippen LogP contribution in [-0.2, 0) is 22.9 Å². The maximum absolute atomic E-state index is 13.3. The van der Waals surface area contributed by atoms with Gasteiger partial charge in [-0.25, -0.2) is 17.8 Å². The van der Waals surface area contributed by atoms with E-state index in [-0.39, 0.29) is 29.8 Å². The first-order chi connectivity index (χ1) is 12.3. The van der Waals surface area contributed by atoms with Gasteiger partial charge in [0.2, 0.25) is 0 Å². The van der Waals surface area contributed by atoms with Gasteiger partial charge in [0.25, 0.3) is 0 Å². The van der Waals surface area contributed by atoms with Gasteiger partial charge in [-0.15, -0.1) is 24.0 Å². The van der Waals surface area contributed by atoms with Gasteiger partial charge in [0.05, 0.1) is 11.4 Å². The predicted molar refractivity (Wildman–Crippen MR) is 118 cm³/mol. The molecular weight excluding hydrogens is 480 g/mol. The molecular formula is C19H25FIN3O2S. The zero-order valence-electron chi connectivity index (χ0n) is 15.6. The second kappa shape index (κ2) is 10.6. The van der Waals surface area contributed by atoms with Crippen LogP contribution in [0.2, 0.25) is 0 Å². The zero-order valence-corrected chi connectivity index (χ0v) is 18.8. The highest BCUT2D eigenvalue weighted by atomic mass is 127. The van der Waals surface area contributed by atoms with Crippen LogP contribution in [0.4, 0.5) is 4.39 Å². The van der Waals surface area contributed by atoms with Gasteiger partial charge in [0, 0.05) is 26.4 Å². The quantitative estimate of drug-likeness (QED) is 0.371. The molecule has 0 bridgehead atoms. The Bertz CT molecular complexity index is 871. The summed E-state index contributed by atoms with van der Waals surface area (Å²) in [6.07, 6.45) is 1.19. The Labute approximate surface area is 177 Å². The SMILES string of the molecule is CCNC(=NCc1ccc(S(C)(=O)=O)cc1)N(C)Cc1cccc(F)c1.I. The fourth-order valence-electron chi connectivity index (χ4n) is 2.46. The van der Waals surface area contributed by atoms with E-state index >= 15 is 0 Å². The molecule has 0 aliphatic heterocycles. The standard InChI is InChI=1S/C19H24FN3O2S.HI/c1-4-21-19(23(2)14-16-6-5-7-17(20)12-16)22-13-15-8-10-18(11-9-15)26(3,24)25;/h5-12H,4,13-14H2,1-3H3,(H,21,22);1H. The number of sulfone groups is 1. The van der Waals surface area contributed by atoms with Crippen LogP contribution in [0.1, 0.15) is 18.1 Å². The molecule has 1 N–H and O–H groups in total. The van der Waals surface area contributed by atoms with Crippen LogP contribution in [0, 0.1) is 5.82 Å². The third-order valence-corrected chi connectivity index (χ3v) is 4.90. The highest BCUT2D eigenvalue weighted by molar-refractivity contribution is 14.0. The van der Waals surface area contributed by atoms with Gasteiger partial charge < -0.3 is 10.2 Å². The smallest absolute Gasteiger partial charge is 0.194 e. The summed E-state index contributed by atoms with van der Waals surface area (Å²) in [7, 11) is -1.31. The van der Waals surface area contributed by atoms with Crippen molar-refractivity contribution in [1.29, 1.82) is 0 Å². The van der Waals surface area contributed by atoms with Crippen LogP contribution in [0.15, 0.2) is 58.4 Å². The molecule has 8 heteroatoms. The summed E-state index contributed by atoms with van der Waals surface area (Å²) in [4.78, 5) is 6.79. The van der Waals surface area contributed by atoms with Crippen LogP contribution >= 0.6 is 24.0 Å². The van der Waals surface area contributed by atoms with E-state index in [0.29, 0.717) is 30.5 Å². The second-order valence-corrected chi connectivity index (χ2v) is 8.09. The van der Waals surface area contributed by atoms with Crippen molar-refractivity contribution in [3.63, 3.8) is 0 Å². The first kappa shape index (κ1) is 23.4. The summed E-state index contributed by atoms with van der Waals surface area (Å²) in [5.41, 5.74) is 1.77. The topological polar surface area (TPSA) is 61.8 Å². The van der Waals surface area contributed by atoms with E-state index in [1.54, 1.807) is 30.3 Å². The summed E-state index contributed by atoms with van der Waals surface area (Å²) >= 11 is 0. The number of nitrogens with zero attached hydrogens (tertiary/aromatic N) is 2. The van der Waals surface area contributed by atoms with Gasteiger partial charge in [-0.1, -0.05) is 24.3 Å². The number of benzene rings is 2. The largest absolute Gasteiger partial charge is 0.357 e. The summed E-state index contributed by atoms with van der Waals surface area (Å²) in [5, 5.41) is 3.21. The first-order valence-corrected chi connectivity index (χ1v) is 10.2. The molecule has 5 nitrogen and oxygen atoms in total. The molecule has 0 fully saturated rings. The number of halogens is 2. The Morgan fingerprint density at radius 2 is 1.81 bits per heavy atom. The van der Waals surface area contributed by atoms with Gasteiger partial charge in [-0.3, -0.25) is 0 Å². The van der Waals surface area contributed by atoms with Crippen molar-refractivity contribution in [2.24, 2.45) is 4.99 Å². The number of nitrogens with one attached hydrogen (secondary N) is 1. The van der Waals surface area contributed by atoms with Crippen molar-refractivity contribution in [2.75, 3.05) is 19.8 Å². The Hall–Kier alpha value is -1.68. The maximum atomic E-state index is 13.3. The molecule has 0 unspecified atom stereocenters. The lowest BCUT2D eigenvalue weighted by atomic mass is 10.2. The molecule has 148 valence electrons. The Morgan fingerprint density at radius 1 is 1.15 bits per heavy atom. The Balaban J connectivity index is 0.00000364. The van der Waals surface area contributed by atoms with Crippen LogP contribution in [-0.4, -0.2) is 39.1 Å². The van der Waals surface area contributed by atoms with E-state index in [1.165, 1.54) is 18.4 Å². The molecule has 2 aromatic carbocycles. The molecule has 2 aromatic rings. The zero-order chi connectivity index (χ0) is 19.2. The van der Waals surface area contributed by atoms with Crippen LogP contribution in [0.5, 0.6) is 0 Å². The van der Waals surface area contributed by atoms with E-state index in [1.807, 2.05) is 24.9 Å². The average molecular weight is 505 g/mol. The lowest BCUT2D eigenvalue weighted by molar-refractivity contribution is 0.475. The minimum absolute atomic E-state index is 0. The monoisotopic (exact) mass is 505 g/mol. The second-order valence-electron chi connectivity index (χ2n) is 6.07. The van der Waals surface area contributed by atoms with Gasteiger partial charge in [0.1, 0.15) is 5.82 Å². The molecule has 0 saturated heterocycles. The molecule has 0 heterocycles. The lowest BCUT2D eigenvalue weighted by Gasteiger charge is -2.22. The number of guanidine groups is 1. The van der Waals surface area contributed by atoms with E-state index in [4.69, 9.17) is 0 Å². The van der Waals surface area contributed by atoms with Crippen LogP contribution < -0.4 is 5.32 Å². The summed E-state index contributed by atoms with van der Waals surface area (Å²) in [6.45, 7) is 3.63. The maximum Gasteiger partial charge on any atom is 0.194 e. The molecule has 0 radical (unpaired) electrons. The third-order valence-electron chi connectivity index (χ3n) is 3.77. The van der Waals surface area contributed by atoms with Crippen molar-refractivity contribution in [2.45, 2.75) is 24.9 Å². The highest BCUT2D eigenvalue weighted by Gasteiger charge is 2.08. The van der Waals surface area contributed by atoms with Crippen molar-refractivity contribution in [3.8, 4) is 0 Å². The summed E-state index contributed by atoms with van der Waals surface area (Å²) in [6, 6.07) is 13.2. The highest BCUT2D eigenvalue weighted by Crippen LogP contribution is 2.12. The molecule has 27 heavy (non-hydrogen) atoms. The summed E-state index contributed by atoms with van der Waals surface area (Å²) < 4.78 is 36.4. The normalized spacial score (nSPS) is 11.6. The predicted octanol–water partition coefficient (Wildman–Crippen LogP) is 3.44. The minimum atomic E-state index is -3.20. The van der Waals surface area contributed by atoms with Gasteiger partial charge in [-0.05, 0) is 42.3 Å². The lowest BCUT2D eigenvalue weighted by Crippen LogP contribution is -2.38. The van der Waals surface area contributed by atoms with E-state index < -0.39 is 9.84 Å². The third kappa shape index (κ3) is 7.45. The van der Waals surface area contributed by atoms with Crippen molar-refractivity contribution in [1.82, 2.24) is 10.2 Å². The van der Waals surface area contributed by atoms with Gasteiger partial charge in [-0.2, -0.15) is 0 Å². The molecule has 0 aliphatic carbocycles. The van der Waals surface area contributed by atoms with Crippen molar-refractivity contribution >= 4 is 39.8 Å². The van der Waals surface area contributed by atoms with Gasteiger partial charge >= 0.3 is 0 Å². The van der Waals surface area contributed by atoms with Crippen LogP contribution in [0.3, 0.4) is 0 Å².